The van der Waals surface area contributed by atoms with Crippen LogP contribution < -0.4 is 5.73 Å². The van der Waals surface area contributed by atoms with E-state index in [9.17, 15) is 0 Å². The Morgan fingerprint density at radius 2 is 1.95 bits per heavy atom. The zero-order valence-electron chi connectivity index (χ0n) is 11.7. The summed E-state index contributed by atoms with van der Waals surface area (Å²) in [7, 11) is 2.11. The van der Waals surface area contributed by atoms with Crippen LogP contribution in [0, 0.1) is 0 Å². The van der Waals surface area contributed by atoms with Gasteiger partial charge < -0.3 is 15.7 Å². The molecule has 3 nitrogen and oxygen atoms in total. The maximum atomic E-state index is 8.72. The summed E-state index contributed by atoms with van der Waals surface area (Å²) in [4.78, 5) is 2.29. The minimum absolute atomic E-state index is 0.00593. The summed E-state index contributed by atoms with van der Waals surface area (Å²) in [5.74, 6) is 0. The maximum Gasteiger partial charge on any atom is 0.0453 e. The highest BCUT2D eigenvalue weighted by Crippen LogP contribution is 2.23. The maximum absolute atomic E-state index is 8.72. The molecule has 0 aromatic heterocycles. The van der Waals surface area contributed by atoms with Crippen LogP contribution in [0.1, 0.15) is 37.3 Å². The Labute approximate surface area is 121 Å². The molecule has 0 bridgehead atoms. The summed E-state index contributed by atoms with van der Waals surface area (Å²) in [5.41, 5.74) is 7.20. The molecule has 0 aliphatic heterocycles. The van der Waals surface area contributed by atoms with Crippen molar-refractivity contribution < 1.29 is 5.11 Å². The van der Waals surface area contributed by atoms with Gasteiger partial charge in [0.1, 0.15) is 0 Å². The van der Waals surface area contributed by atoms with Crippen LogP contribution in [0.4, 0.5) is 0 Å². The standard InChI is InChI=1S/C15H25ClN2O/c1-18(10-5-2-6-12-19)11-9-15(17)13-7-3-4-8-14(13)16/h3-4,7-8,15,19H,2,5-6,9-12,17H2,1H3. The van der Waals surface area contributed by atoms with Gasteiger partial charge in [-0.25, -0.2) is 0 Å². The molecule has 19 heavy (non-hydrogen) atoms. The molecule has 1 unspecified atom stereocenters. The normalized spacial score (nSPS) is 12.9. The number of nitrogens with two attached hydrogens (primary N) is 1. The molecule has 0 saturated heterocycles. The van der Waals surface area contributed by atoms with Gasteiger partial charge in [0.15, 0.2) is 0 Å². The lowest BCUT2D eigenvalue weighted by Gasteiger charge is -2.20. The van der Waals surface area contributed by atoms with E-state index in [-0.39, 0.29) is 6.04 Å². The smallest absolute Gasteiger partial charge is 0.0453 e. The lowest BCUT2D eigenvalue weighted by atomic mass is 10.0. The van der Waals surface area contributed by atoms with Gasteiger partial charge in [0, 0.05) is 17.7 Å². The number of rotatable bonds is 9. The van der Waals surface area contributed by atoms with Gasteiger partial charge in [0.05, 0.1) is 0 Å². The Balaban J connectivity index is 2.26. The Morgan fingerprint density at radius 1 is 1.21 bits per heavy atom. The molecule has 0 spiro atoms. The molecule has 0 heterocycles. The Bertz CT molecular complexity index is 360. The molecule has 1 atom stereocenters. The lowest BCUT2D eigenvalue weighted by Crippen LogP contribution is -2.24. The van der Waals surface area contributed by atoms with Crippen molar-refractivity contribution in [1.29, 1.82) is 0 Å². The van der Waals surface area contributed by atoms with Crippen LogP contribution in [0.15, 0.2) is 24.3 Å². The van der Waals surface area contributed by atoms with E-state index in [1.807, 2.05) is 24.3 Å². The predicted molar refractivity (Wildman–Crippen MR) is 81.4 cm³/mol. The van der Waals surface area contributed by atoms with Crippen LogP contribution in [0.3, 0.4) is 0 Å². The third kappa shape index (κ3) is 6.39. The van der Waals surface area contributed by atoms with Crippen molar-refractivity contribution in [2.75, 3.05) is 26.7 Å². The first kappa shape index (κ1) is 16.4. The molecule has 4 heteroatoms. The van der Waals surface area contributed by atoms with E-state index in [2.05, 4.69) is 11.9 Å². The molecule has 0 saturated carbocycles. The van der Waals surface area contributed by atoms with Crippen LogP contribution in [0.25, 0.3) is 0 Å². The number of halogens is 1. The van der Waals surface area contributed by atoms with Gasteiger partial charge in [-0.2, -0.15) is 0 Å². The molecule has 0 fully saturated rings. The fourth-order valence-electron chi connectivity index (χ4n) is 2.07. The first-order valence-corrected chi connectivity index (χ1v) is 7.32. The van der Waals surface area contributed by atoms with Crippen LogP contribution in [0.5, 0.6) is 0 Å². The number of aliphatic hydroxyl groups excluding tert-OH is 1. The second-order valence-electron chi connectivity index (χ2n) is 5.00. The highest BCUT2D eigenvalue weighted by Gasteiger charge is 2.10. The number of benzene rings is 1. The third-order valence-corrected chi connectivity index (χ3v) is 3.67. The number of aliphatic hydroxyl groups is 1. The molecule has 1 aromatic rings. The van der Waals surface area contributed by atoms with Crippen molar-refractivity contribution in [1.82, 2.24) is 4.90 Å². The first-order chi connectivity index (χ1) is 9.15. The number of nitrogens with zero attached hydrogens (tertiary/aromatic N) is 1. The molecule has 1 rings (SSSR count). The molecule has 0 radical (unpaired) electrons. The van der Waals surface area contributed by atoms with Crippen LogP contribution in [-0.2, 0) is 0 Å². The predicted octanol–water partition coefficient (Wildman–Crippen LogP) is 2.82. The molecule has 0 amide bonds. The Kier molecular flexibility index (Phi) is 8.07. The molecule has 1 aromatic carbocycles. The largest absolute Gasteiger partial charge is 0.396 e. The van der Waals surface area contributed by atoms with Crippen molar-refractivity contribution in [3.05, 3.63) is 34.9 Å². The van der Waals surface area contributed by atoms with Gasteiger partial charge in [0.2, 0.25) is 0 Å². The van der Waals surface area contributed by atoms with E-state index in [1.165, 1.54) is 0 Å². The van der Waals surface area contributed by atoms with Crippen LogP contribution >= 0.6 is 11.6 Å². The zero-order chi connectivity index (χ0) is 14.1. The van der Waals surface area contributed by atoms with E-state index in [0.29, 0.717) is 6.61 Å². The average Bonchev–Trinajstić information content (AvgIpc) is 2.41. The van der Waals surface area contributed by atoms with E-state index < -0.39 is 0 Å². The van der Waals surface area contributed by atoms with Gasteiger partial charge >= 0.3 is 0 Å². The summed E-state index contributed by atoms with van der Waals surface area (Å²) < 4.78 is 0. The Hall–Kier alpha value is -0.610. The van der Waals surface area contributed by atoms with Crippen molar-refractivity contribution in [2.45, 2.75) is 31.7 Å². The van der Waals surface area contributed by atoms with E-state index >= 15 is 0 Å². The van der Waals surface area contributed by atoms with Gasteiger partial charge in [-0.3, -0.25) is 0 Å². The number of unbranched alkanes of at least 4 members (excludes halogenated alkanes) is 2. The minimum atomic E-state index is -0.00593. The van der Waals surface area contributed by atoms with Crippen molar-refractivity contribution in [2.24, 2.45) is 5.73 Å². The first-order valence-electron chi connectivity index (χ1n) is 6.94. The average molecular weight is 285 g/mol. The monoisotopic (exact) mass is 284 g/mol. The fourth-order valence-corrected chi connectivity index (χ4v) is 2.35. The highest BCUT2D eigenvalue weighted by atomic mass is 35.5. The van der Waals surface area contributed by atoms with Crippen molar-refractivity contribution in [3.8, 4) is 0 Å². The summed E-state index contributed by atoms with van der Waals surface area (Å²) in [6, 6.07) is 7.77. The van der Waals surface area contributed by atoms with E-state index in [4.69, 9.17) is 22.4 Å². The number of hydrogen-bond donors (Lipinski definition) is 2. The SMILES string of the molecule is CN(CCCCCO)CCC(N)c1ccccc1Cl. The molecule has 0 aliphatic rings. The summed E-state index contributed by atoms with van der Waals surface area (Å²) >= 11 is 6.14. The van der Waals surface area contributed by atoms with Gasteiger partial charge in [-0.15, -0.1) is 0 Å². The highest BCUT2D eigenvalue weighted by molar-refractivity contribution is 6.31. The van der Waals surface area contributed by atoms with Gasteiger partial charge in [-0.05, 0) is 57.5 Å². The molecule has 3 N–H and O–H groups in total. The van der Waals surface area contributed by atoms with Gasteiger partial charge in [-0.1, -0.05) is 29.8 Å². The zero-order valence-corrected chi connectivity index (χ0v) is 12.4. The summed E-state index contributed by atoms with van der Waals surface area (Å²) in [6.45, 7) is 2.31. The minimum Gasteiger partial charge on any atom is -0.396 e. The molecule has 0 aliphatic carbocycles. The second-order valence-corrected chi connectivity index (χ2v) is 5.41. The summed E-state index contributed by atoms with van der Waals surface area (Å²) in [5, 5.41) is 9.47. The summed E-state index contributed by atoms with van der Waals surface area (Å²) in [6.07, 6.45) is 4.00. The van der Waals surface area contributed by atoms with E-state index in [1.54, 1.807) is 0 Å². The topological polar surface area (TPSA) is 49.5 Å². The third-order valence-electron chi connectivity index (χ3n) is 3.32. The van der Waals surface area contributed by atoms with Crippen LogP contribution in [-0.4, -0.2) is 36.8 Å². The molecular formula is C15H25ClN2O. The van der Waals surface area contributed by atoms with E-state index in [0.717, 1.165) is 49.4 Å². The van der Waals surface area contributed by atoms with Crippen molar-refractivity contribution >= 4 is 11.6 Å². The Morgan fingerprint density at radius 3 is 2.63 bits per heavy atom. The molecule has 108 valence electrons. The molecular weight excluding hydrogens is 260 g/mol. The fraction of sp³-hybridized carbons (Fsp3) is 0.600. The van der Waals surface area contributed by atoms with Crippen LogP contribution in [0.2, 0.25) is 5.02 Å². The second kappa shape index (κ2) is 9.32. The quantitative estimate of drug-likeness (QED) is 0.686. The van der Waals surface area contributed by atoms with Crippen molar-refractivity contribution in [3.63, 3.8) is 0 Å². The van der Waals surface area contributed by atoms with Gasteiger partial charge in [0.25, 0.3) is 0 Å². The lowest BCUT2D eigenvalue weighted by molar-refractivity contribution is 0.270. The number of hydrogen-bond acceptors (Lipinski definition) is 3.